The molecular formula is C15H14Cl2F2N2. The summed E-state index contributed by atoms with van der Waals surface area (Å²) in [5.41, 5.74) is 3.57. The van der Waals surface area contributed by atoms with E-state index in [2.05, 4.69) is 5.43 Å². The predicted octanol–water partition coefficient (Wildman–Crippen LogP) is 3.89. The lowest BCUT2D eigenvalue weighted by molar-refractivity contribution is 0.502. The monoisotopic (exact) mass is 330 g/mol. The molecule has 0 fully saturated rings. The number of hydrogen-bond acceptors (Lipinski definition) is 2. The normalized spacial score (nSPS) is 12.4. The molecule has 6 heteroatoms. The lowest BCUT2D eigenvalue weighted by Gasteiger charge is -2.18. The van der Waals surface area contributed by atoms with Gasteiger partial charge in [0.15, 0.2) is 0 Å². The highest BCUT2D eigenvalue weighted by molar-refractivity contribution is 6.36. The van der Waals surface area contributed by atoms with Crippen molar-refractivity contribution in [2.75, 3.05) is 0 Å². The van der Waals surface area contributed by atoms with E-state index in [9.17, 15) is 8.78 Å². The van der Waals surface area contributed by atoms with E-state index in [1.54, 1.807) is 18.2 Å². The van der Waals surface area contributed by atoms with Crippen LogP contribution in [0.2, 0.25) is 10.0 Å². The second-order valence-electron chi connectivity index (χ2n) is 4.71. The Hall–Kier alpha value is -1.20. The average Bonchev–Trinajstić information content (AvgIpc) is 2.45. The fourth-order valence-corrected chi connectivity index (χ4v) is 2.68. The Morgan fingerprint density at radius 1 is 1.05 bits per heavy atom. The third-order valence-electron chi connectivity index (χ3n) is 3.22. The highest BCUT2D eigenvalue weighted by atomic mass is 35.5. The quantitative estimate of drug-likeness (QED) is 0.644. The number of hydrogen-bond donors (Lipinski definition) is 2. The molecule has 0 radical (unpaired) electrons. The molecule has 0 saturated heterocycles. The van der Waals surface area contributed by atoms with Crippen LogP contribution in [0.15, 0.2) is 36.4 Å². The fourth-order valence-electron chi connectivity index (χ4n) is 2.13. The van der Waals surface area contributed by atoms with Crippen molar-refractivity contribution in [3.05, 3.63) is 69.2 Å². The zero-order valence-corrected chi connectivity index (χ0v) is 12.6. The average molecular weight is 331 g/mol. The van der Waals surface area contributed by atoms with Crippen molar-refractivity contribution in [3.63, 3.8) is 0 Å². The van der Waals surface area contributed by atoms with Crippen LogP contribution in [0.1, 0.15) is 11.1 Å². The summed E-state index contributed by atoms with van der Waals surface area (Å²) in [6.07, 6.45) is 0.632. The van der Waals surface area contributed by atoms with E-state index in [1.807, 2.05) is 0 Å². The molecule has 21 heavy (non-hydrogen) atoms. The van der Waals surface area contributed by atoms with Crippen LogP contribution in [0.25, 0.3) is 0 Å². The van der Waals surface area contributed by atoms with E-state index < -0.39 is 11.6 Å². The van der Waals surface area contributed by atoms with E-state index in [-0.39, 0.29) is 18.0 Å². The summed E-state index contributed by atoms with van der Waals surface area (Å²) in [5.74, 6) is 4.55. The SMILES string of the molecule is NNC(Cc1cc(F)ccc1F)Cc1c(Cl)cccc1Cl. The number of rotatable bonds is 5. The van der Waals surface area contributed by atoms with Crippen molar-refractivity contribution in [3.8, 4) is 0 Å². The Morgan fingerprint density at radius 2 is 1.71 bits per heavy atom. The van der Waals surface area contributed by atoms with Gasteiger partial charge in [-0.25, -0.2) is 8.78 Å². The predicted molar refractivity (Wildman–Crippen MR) is 81.3 cm³/mol. The lowest BCUT2D eigenvalue weighted by Crippen LogP contribution is -2.38. The minimum absolute atomic E-state index is 0.224. The van der Waals surface area contributed by atoms with Gasteiger partial charge in [-0.3, -0.25) is 11.3 Å². The Labute approximate surface area is 131 Å². The molecule has 2 aromatic carbocycles. The van der Waals surface area contributed by atoms with Crippen molar-refractivity contribution in [1.82, 2.24) is 5.43 Å². The van der Waals surface area contributed by atoms with E-state index in [0.717, 1.165) is 23.8 Å². The number of nitrogens with one attached hydrogen (secondary N) is 1. The van der Waals surface area contributed by atoms with Gasteiger partial charge in [0, 0.05) is 16.1 Å². The van der Waals surface area contributed by atoms with Crippen LogP contribution in [0.5, 0.6) is 0 Å². The van der Waals surface area contributed by atoms with Gasteiger partial charge in [0.05, 0.1) is 0 Å². The molecule has 3 N–H and O–H groups in total. The van der Waals surface area contributed by atoms with Gasteiger partial charge < -0.3 is 0 Å². The molecule has 0 aliphatic rings. The highest BCUT2D eigenvalue weighted by Crippen LogP contribution is 2.26. The maximum Gasteiger partial charge on any atom is 0.126 e. The molecule has 2 nitrogen and oxygen atoms in total. The van der Waals surface area contributed by atoms with Crippen LogP contribution in [0, 0.1) is 11.6 Å². The molecule has 0 heterocycles. The van der Waals surface area contributed by atoms with Crippen LogP contribution in [-0.4, -0.2) is 6.04 Å². The van der Waals surface area contributed by atoms with Gasteiger partial charge >= 0.3 is 0 Å². The topological polar surface area (TPSA) is 38.0 Å². The summed E-state index contributed by atoms with van der Waals surface area (Å²) in [6, 6.07) is 8.20. The molecular weight excluding hydrogens is 317 g/mol. The Morgan fingerprint density at radius 3 is 2.33 bits per heavy atom. The molecule has 0 bridgehead atoms. The lowest BCUT2D eigenvalue weighted by atomic mass is 9.99. The maximum atomic E-state index is 13.7. The number of halogens is 4. The first kappa shape index (κ1) is 16.2. The highest BCUT2D eigenvalue weighted by Gasteiger charge is 2.16. The second kappa shape index (κ2) is 7.18. The molecule has 1 unspecified atom stereocenters. The molecule has 2 rings (SSSR count). The Balaban J connectivity index is 2.19. The molecule has 0 saturated carbocycles. The van der Waals surface area contributed by atoms with Crippen LogP contribution in [-0.2, 0) is 12.8 Å². The summed E-state index contributed by atoms with van der Waals surface area (Å²) < 4.78 is 26.9. The third-order valence-corrected chi connectivity index (χ3v) is 3.93. The largest absolute Gasteiger partial charge is 0.271 e. The molecule has 112 valence electrons. The van der Waals surface area contributed by atoms with Crippen molar-refractivity contribution >= 4 is 23.2 Å². The van der Waals surface area contributed by atoms with Crippen LogP contribution < -0.4 is 11.3 Å². The first-order valence-corrected chi connectivity index (χ1v) is 7.09. The standard InChI is InChI=1S/C15H14Cl2F2N2/c16-13-2-1-3-14(17)12(13)8-11(21-20)7-9-6-10(18)4-5-15(9)19/h1-6,11,21H,7-8,20H2. The second-order valence-corrected chi connectivity index (χ2v) is 5.52. The van der Waals surface area contributed by atoms with Crippen molar-refractivity contribution in [1.29, 1.82) is 0 Å². The van der Waals surface area contributed by atoms with Crippen LogP contribution in [0.3, 0.4) is 0 Å². The molecule has 2 aromatic rings. The molecule has 0 spiro atoms. The van der Waals surface area contributed by atoms with Gasteiger partial charge in [-0.1, -0.05) is 29.3 Å². The number of benzene rings is 2. The molecule has 0 aliphatic carbocycles. The minimum atomic E-state index is -0.488. The summed E-state index contributed by atoms with van der Waals surface area (Å²) in [7, 11) is 0. The Kier molecular flexibility index (Phi) is 5.53. The van der Waals surface area contributed by atoms with Gasteiger partial charge in [-0.2, -0.15) is 0 Å². The van der Waals surface area contributed by atoms with E-state index in [0.29, 0.717) is 16.5 Å². The van der Waals surface area contributed by atoms with Gasteiger partial charge in [-0.15, -0.1) is 0 Å². The van der Waals surface area contributed by atoms with E-state index in [1.165, 1.54) is 0 Å². The van der Waals surface area contributed by atoms with E-state index in [4.69, 9.17) is 29.0 Å². The molecule has 0 aromatic heterocycles. The van der Waals surface area contributed by atoms with Crippen LogP contribution in [0.4, 0.5) is 8.78 Å². The number of nitrogens with two attached hydrogens (primary N) is 1. The van der Waals surface area contributed by atoms with Gasteiger partial charge in [0.1, 0.15) is 11.6 Å². The minimum Gasteiger partial charge on any atom is -0.271 e. The molecule has 0 amide bonds. The van der Waals surface area contributed by atoms with Gasteiger partial charge in [0.25, 0.3) is 0 Å². The first-order chi connectivity index (χ1) is 10.0. The van der Waals surface area contributed by atoms with Crippen molar-refractivity contribution in [2.24, 2.45) is 5.84 Å². The first-order valence-electron chi connectivity index (χ1n) is 6.34. The maximum absolute atomic E-state index is 13.7. The zero-order chi connectivity index (χ0) is 15.4. The van der Waals surface area contributed by atoms with Crippen molar-refractivity contribution in [2.45, 2.75) is 18.9 Å². The van der Waals surface area contributed by atoms with Crippen LogP contribution >= 0.6 is 23.2 Å². The summed E-state index contributed by atoms with van der Waals surface area (Å²) in [5, 5.41) is 1.03. The van der Waals surface area contributed by atoms with E-state index >= 15 is 0 Å². The van der Waals surface area contributed by atoms with Gasteiger partial charge in [0.2, 0.25) is 0 Å². The molecule has 0 aliphatic heterocycles. The fraction of sp³-hybridized carbons (Fsp3) is 0.200. The smallest absolute Gasteiger partial charge is 0.126 e. The third kappa shape index (κ3) is 4.14. The zero-order valence-electron chi connectivity index (χ0n) is 11.0. The van der Waals surface area contributed by atoms with Crippen molar-refractivity contribution < 1.29 is 8.78 Å². The summed E-state index contributed by atoms with van der Waals surface area (Å²) in [4.78, 5) is 0. The Bertz CT molecular complexity index is 615. The summed E-state index contributed by atoms with van der Waals surface area (Å²) in [6.45, 7) is 0. The number of hydrazine groups is 1. The molecule has 1 atom stereocenters. The van der Waals surface area contributed by atoms with Gasteiger partial charge in [-0.05, 0) is 54.3 Å². The summed E-state index contributed by atoms with van der Waals surface area (Å²) >= 11 is 12.2.